The summed E-state index contributed by atoms with van der Waals surface area (Å²) in [6.07, 6.45) is 10.3. The molecule has 210 valence electrons. The van der Waals surface area contributed by atoms with E-state index in [1.807, 2.05) is 12.3 Å². The number of nitriles is 1. The lowest BCUT2D eigenvalue weighted by atomic mass is 9.75. The molecule has 11 heteroatoms. The number of pyridine rings is 1. The fourth-order valence-electron chi connectivity index (χ4n) is 5.87. The Bertz CT molecular complexity index is 1440. The van der Waals surface area contributed by atoms with Crippen LogP contribution in [0.5, 0.6) is 0 Å². The highest BCUT2D eigenvalue weighted by Gasteiger charge is 2.47. The number of carbonyl (C=O) groups is 1. The summed E-state index contributed by atoms with van der Waals surface area (Å²) in [6.45, 7) is 1.21. The fraction of sp³-hybridized carbons (Fsp3) is 0.448. The summed E-state index contributed by atoms with van der Waals surface area (Å²) in [4.78, 5) is 19.9. The number of benzene rings is 1. The van der Waals surface area contributed by atoms with Crippen molar-refractivity contribution in [2.24, 2.45) is 5.92 Å². The standard InChI is InChI=1S/C29H33ClN6O3S/c30-21-15-23(17-32-16-21)36-18-26(20-5-7-22(8-6-20)35-11-13-40(38,39)14-12-35)27(34-36)24-3-1-2-4-25(24)28(37)33-29(19-31)9-10-29/h5-8,15-18,24-25,38-39H,1-4,9-14H2,(H,33,37)/t24-,25-/m1/s1. The lowest BCUT2D eigenvalue weighted by Crippen LogP contribution is -2.42. The zero-order chi connectivity index (χ0) is 27.9. The lowest BCUT2D eigenvalue weighted by Gasteiger charge is -2.41. The van der Waals surface area contributed by atoms with Gasteiger partial charge in [-0.25, -0.2) is 4.68 Å². The Morgan fingerprint density at radius 1 is 1.10 bits per heavy atom. The van der Waals surface area contributed by atoms with E-state index in [9.17, 15) is 19.2 Å². The molecule has 0 radical (unpaired) electrons. The van der Waals surface area contributed by atoms with Crippen LogP contribution < -0.4 is 10.2 Å². The highest BCUT2D eigenvalue weighted by atomic mass is 35.5. The molecule has 3 N–H and O–H groups in total. The molecule has 1 amide bonds. The molecule has 0 unspecified atom stereocenters. The number of carbonyl (C=O) groups excluding carboxylic acids is 1. The van der Waals surface area contributed by atoms with E-state index in [1.165, 1.54) is 0 Å². The molecule has 2 saturated carbocycles. The molecule has 2 aromatic heterocycles. The molecule has 2 atom stereocenters. The Balaban J connectivity index is 1.34. The largest absolute Gasteiger partial charge is 0.368 e. The first-order chi connectivity index (χ1) is 19.3. The van der Waals surface area contributed by atoms with Gasteiger partial charge in [-0.05, 0) is 49.4 Å². The van der Waals surface area contributed by atoms with Crippen LogP contribution in [0.1, 0.15) is 50.1 Å². The van der Waals surface area contributed by atoms with E-state index in [-0.39, 0.29) is 17.7 Å². The molecule has 1 aliphatic heterocycles. The second kappa shape index (κ2) is 10.7. The lowest BCUT2D eigenvalue weighted by molar-refractivity contribution is -0.127. The third kappa shape index (κ3) is 5.56. The van der Waals surface area contributed by atoms with Gasteiger partial charge in [0.2, 0.25) is 5.91 Å². The average molecular weight is 581 g/mol. The molecule has 6 rings (SSSR count). The highest BCUT2D eigenvalue weighted by Crippen LogP contribution is 2.44. The summed E-state index contributed by atoms with van der Waals surface area (Å²) in [6, 6.07) is 12.3. The Labute approximate surface area is 240 Å². The Morgan fingerprint density at radius 3 is 2.50 bits per heavy atom. The minimum absolute atomic E-state index is 0.0555. The van der Waals surface area contributed by atoms with Gasteiger partial charge in [0.05, 0.1) is 40.2 Å². The van der Waals surface area contributed by atoms with Gasteiger partial charge in [0.1, 0.15) is 5.54 Å². The van der Waals surface area contributed by atoms with Gasteiger partial charge >= 0.3 is 0 Å². The van der Waals surface area contributed by atoms with Crippen molar-refractivity contribution in [1.82, 2.24) is 20.1 Å². The maximum Gasteiger partial charge on any atom is 0.225 e. The second-order valence-corrected chi connectivity index (χ2v) is 14.0. The monoisotopic (exact) mass is 580 g/mol. The first-order valence-corrected chi connectivity index (χ1v) is 16.0. The van der Waals surface area contributed by atoms with Gasteiger partial charge in [0, 0.05) is 48.6 Å². The van der Waals surface area contributed by atoms with Crippen molar-refractivity contribution in [3.63, 3.8) is 0 Å². The van der Waals surface area contributed by atoms with Gasteiger partial charge in [0.15, 0.2) is 0 Å². The van der Waals surface area contributed by atoms with Crippen LogP contribution in [0.15, 0.2) is 48.9 Å². The quantitative estimate of drug-likeness (QED) is 0.346. The van der Waals surface area contributed by atoms with E-state index in [1.54, 1.807) is 17.1 Å². The van der Waals surface area contributed by atoms with Crippen LogP contribution in [0.3, 0.4) is 0 Å². The Kier molecular flexibility index (Phi) is 7.25. The predicted octanol–water partition coefficient (Wildman–Crippen LogP) is 5.60. The fourth-order valence-corrected chi connectivity index (χ4v) is 7.27. The molecule has 3 fully saturated rings. The normalized spacial score (nSPS) is 24.1. The highest BCUT2D eigenvalue weighted by molar-refractivity contribution is 8.24. The molecular formula is C29H33ClN6O3S. The first-order valence-electron chi connectivity index (χ1n) is 13.8. The van der Waals surface area contributed by atoms with Gasteiger partial charge in [0.25, 0.3) is 0 Å². The number of nitrogens with zero attached hydrogens (tertiary/aromatic N) is 5. The summed E-state index contributed by atoms with van der Waals surface area (Å²) in [5.41, 5.74) is 3.87. The summed E-state index contributed by atoms with van der Waals surface area (Å²) < 4.78 is 21.8. The van der Waals surface area contributed by atoms with E-state index >= 15 is 0 Å². The van der Waals surface area contributed by atoms with Crippen molar-refractivity contribution >= 4 is 33.8 Å². The number of amides is 1. The van der Waals surface area contributed by atoms with Gasteiger partial charge in [-0.1, -0.05) is 36.6 Å². The van der Waals surface area contributed by atoms with Crippen molar-refractivity contribution in [2.75, 3.05) is 29.5 Å². The van der Waals surface area contributed by atoms with E-state index < -0.39 is 16.1 Å². The van der Waals surface area contributed by atoms with Crippen LogP contribution in [0.2, 0.25) is 5.02 Å². The third-order valence-electron chi connectivity index (χ3n) is 8.40. The molecule has 40 heavy (non-hydrogen) atoms. The van der Waals surface area contributed by atoms with Crippen molar-refractivity contribution in [1.29, 1.82) is 5.26 Å². The van der Waals surface area contributed by atoms with Gasteiger partial charge in [-0.3, -0.25) is 18.9 Å². The van der Waals surface area contributed by atoms with Crippen molar-refractivity contribution < 1.29 is 13.9 Å². The summed E-state index contributed by atoms with van der Waals surface area (Å²) in [5.74, 6) is 0.375. The number of nitrogens with one attached hydrogen (secondary N) is 1. The van der Waals surface area contributed by atoms with Gasteiger partial charge in [-0.2, -0.15) is 21.0 Å². The van der Waals surface area contributed by atoms with E-state index in [4.69, 9.17) is 16.7 Å². The number of hydrogen-bond donors (Lipinski definition) is 3. The molecule has 2 aliphatic carbocycles. The summed E-state index contributed by atoms with van der Waals surface area (Å²) in [5, 5.41) is 18.1. The van der Waals surface area contributed by atoms with Crippen LogP contribution in [-0.2, 0) is 4.79 Å². The molecule has 0 bridgehead atoms. The minimum Gasteiger partial charge on any atom is -0.368 e. The Morgan fingerprint density at radius 2 is 1.82 bits per heavy atom. The zero-order valence-electron chi connectivity index (χ0n) is 22.2. The van der Waals surface area contributed by atoms with Crippen molar-refractivity contribution in [2.45, 2.75) is 50.0 Å². The maximum absolute atomic E-state index is 13.5. The second-order valence-electron chi connectivity index (χ2n) is 11.2. The third-order valence-corrected chi connectivity index (χ3v) is 10.3. The number of hydrogen-bond acceptors (Lipinski definition) is 7. The van der Waals surface area contributed by atoms with Crippen LogP contribution in [-0.4, -0.2) is 59.9 Å². The SMILES string of the molecule is N#CC1(NC(=O)[C@@H]2CCCC[C@H]2c2nn(-c3cncc(Cl)c3)cc2-c2ccc(N3CCS(O)(O)CC3)cc2)CC1. The molecule has 9 nitrogen and oxygen atoms in total. The maximum atomic E-state index is 13.5. The van der Waals surface area contributed by atoms with Crippen molar-refractivity contribution in [3.05, 3.63) is 59.6 Å². The average Bonchev–Trinajstić information content (AvgIpc) is 3.59. The summed E-state index contributed by atoms with van der Waals surface area (Å²) >= 11 is 6.24. The predicted molar refractivity (Wildman–Crippen MR) is 157 cm³/mol. The number of halogens is 1. The minimum atomic E-state index is -2.46. The number of anilines is 1. The molecule has 0 spiro atoms. The molecule has 3 aliphatic rings. The smallest absolute Gasteiger partial charge is 0.225 e. The summed E-state index contributed by atoms with van der Waals surface area (Å²) in [7, 11) is -2.46. The molecule has 3 heterocycles. The van der Waals surface area contributed by atoms with E-state index in [0.717, 1.165) is 53.9 Å². The topological polar surface area (TPSA) is 127 Å². The first kappa shape index (κ1) is 27.1. The van der Waals surface area contributed by atoms with Crippen LogP contribution in [0.4, 0.5) is 5.69 Å². The number of aromatic nitrogens is 3. The number of rotatable bonds is 6. The van der Waals surface area contributed by atoms with E-state index in [2.05, 4.69) is 45.5 Å². The van der Waals surface area contributed by atoms with Gasteiger partial charge < -0.3 is 10.2 Å². The van der Waals surface area contributed by atoms with Crippen molar-refractivity contribution in [3.8, 4) is 22.9 Å². The zero-order valence-corrected chi connectivity index (χ0v) is 23.7. The van der Waals surface area contributed by atoms with Gasteiger partial charge in [-0.15, -0.1) is 0 Å². The van der Waals surface area contributed by atoms with Crippen LogP contribution in [0.25, 0.3) is 16.8 Å². The molecule has 3 aromatic rings. The Hall–Kier alpha value is -3.10. The molecule has 1 aromatic carbocycles. The van der Waals surface area contributed by atoms with Crippen LogP contribution >= 0.6 is 22.2 Å². The molecular weight excluding hydrogens is 548 g/mol. The van der Waals surface area contributed by atoms with E-state index in [0.29, 0.717) is 42.5 Å². The molecule has 1 saturated heterocycles. The van der Waals surface area contributed by atoms with Crippen LogP contribution in [0, 0.1) is 17.2 Å².